The standard InChI is InChI=1S/C24H39N7O5/c1-14(2)12-19(23(35)36)31-22(34)18(13-16-8-5-4-6-9-16)30-20(32)15(3)29-21(33)17(25)10-7-11-28-24(26)27/h4-6,8-9,14-15,17-19H,7,10-13,25H2,1-3H3,(H,29,33)(H,30,32)(H,31,34)(H,35,36)(H4,26,27,28). The van der Waals surface area contributed by atoms with Crippen LogP contribution in [-0.4, -0.2) is 65.5 Å². The fraction of sp³-hybridized carbons (Fsp3) is 0.542. The number of hydrogen-bond acceptors (Lipinski definition) is 6. The van der Waals surface area contributed by atoms with Gasteiger partial charge in [0.25, 0.3) is 0 Å². The molecule has 1 aromatic carbocycles. The van der Waals surface area contributed by atoms with Crippen LogP contribution >= 0.6 is 0 Å². The van der Waals surface area contributed by atoms with Crippen molar-refractivity contribution in [3.8, 4) is 0 Å². The largest absolute Gasteiger partial charge is 0.480 e. The maximum atomic E-state index is 13.0. The van der Waals surface area contributed by atoms with Gasteiger partial charge < -0.3 is 38.3 Å². The first-order chi connectivity index (χ1) is 16.9. The molecule has 12 heteroatoms. The summed E-state index contributed by atoms with van der Waals surface area (Å²) >= 11 is 0. The molecule has 0 fully saturated rings. The second kappa shape index (κ2) is 15.4. The average molecular weight is 506 g/mol. The van der Waals surface area contributed by atoms with Crippen LogP contribution in [0, 0.1) is 5.92 Å². The van der Waals surface area contributed by atoms with Gasteiger partial charge in [0.2, 0.25) is 17.7 Å². The number of amides is 3. The van der Waals surface area contributed by atoms with E-state index >= 15 is 0 Å². The van der Waals surface area contributed by atoms with Crippen molar-refractivity contribution in [1.82, 2.24) is 16.0 Å². The Morgan fingerprint density at radius 1 is 0.917 bits per heavy atom. The van der Waals surface area contributed by atoms with E-state index in [0.717, 1.165) is 5.56 Å². The number of nitrogens with two attached hydrogens (primary N) is 3. The third-order valence-corrected chi connectivity index (χ3v) is 5.29. The highest BCUT2D eigenvalue weighted by Crippen LogP contribution is 2.08. The van der Waals surface area contributed by atoms with Gasteiger partial charge in [0.1, 0.15) is 18.1 Å². The molecule has 0 aliphatic rings. The van der Waals surface area contributed by atoms with E-state index in [0.29, 0.717) is 19.4 Å². The fourth-order valence-corrected chi connectivity index (χ4v) is 3.36. The Morgan fingerprint density at radius 3 is 2.08 bits per heavy atom. The third-order valence-electron chi connectivity index (χ3n) is 5.29. The van der Waals surface area contributed by atoms with Crippen LogP contribution in [-0.2, 0) is 25.6 Å². The summed E-state index contributed by atoms with van der Waals surface area (Å²) in [5.41, 5.74) is 17.2. The van der Waals surface area contributed by atoms with Crippen LogP contribution in [0.3, 0.4) is 0 Å². The van der Waals surface area contributed by atoms with Crippen LogP contribution in [0.5, 0.6) is 0 Å². The Labute approximate surface area is 211 Å². The molecule has 1 aromatic rings. The van der Waals surface area contributed by atoms with Crippen molar-refractivity contribution in [2.75, 3.05) is 6.54 Å². The Morgan fingerprint density at radius 2 is 1.53 bits per heavy atom. The van der Waals surface area contributed by atoms with E-state index < -0.39 is 47.9 Å². The molecule has 0 aliphatic heterocycles. The Bertz CT molecular complexity index is 903. The molecule has 0 saturated heterocycles. The lowest BCUT2D eigenvalue weighted by atomic mass is 10.0. The van der Waals surface area contributed by atoms with Crippen LogP contribution in [0.15, 0.2) is 35.3 Å². The maximum absolute atomic E-state index is 13.0. The number of guanidine groups is 1. The molecule has 200 valence electrons. The molecule has 36 heavy (non-hydrogen) atoms. The molecule has 4 unspecified atom stereocenters. The van der Waals surface area contributed by atoms with Gasteiger partial charge >= 0.3 is 5.97 Å². The number of benzene rings is 1. The zero-order chi connectivity index (χ0) is 27.3. The molecule has 0 spiro atoms. The molecule has 1 rings (SSSR count). The van der Waals surface area contributed by atoms with Crippen LogP contribution in [0.4, 0.5) is 0 Å². The normalized spacial score (nSPS) is 14.1. The lowest BCUT2D eigenvalue weighted by molar-refractivity contribution is -0.142. The van der Waals surface area contributed by atoms with Gasteiger partial charge in [0.15, 0.2) is 5.96 Å². The minimum absolute atomic E-state index is 0.0347. The predicted molar refractivity (Wildman–Crippen MR) is 137 cm³/mol. The third kappa shape index (κ3) is 11.6. The molecule has 0 heterocycles. The van der Waals surface area contributed by atoms with E-state index in [1.807, 2.05) is 19.9 Å². The van der Waals surface area contributed by atoms with Gasteiger partial charge in [-0.1, -0.05) is 44.2 Å². The number of aliphatic carboxylic acids is 1. The van der Waals surface area contributed by atoms with Crippen molar-refractivity contribution >= 4 is 29.7 Å². The summed E-state index contributed by atoms with van der Waals surface area (Å²) in [5.74, 6) is -2.94. The van der Waals surface area contributed by atoms with Crippen molar-refractivity contribution in [2.24, 2.45) is 28.1 Å². The average Bonchev–Trinajstić information content (AvgIpc) is 2.80. The molecular weight excluding hydrogens is 466 g/mol. The van der Waals surface area contributed by atoms with Gasteiger partial charge in [-0.15, -0.1) is 0 Å². The molecule has 10 N–H and O–H groups in total. The second-order valence-corrected chi connectivity index (χ2v) is 9.07. The van der Waals surface area contributed by atoms with Gasteiger partial charge in [-0.25, -0.2) is 4.79 Å². The smallest absolute Gasteiger partial charge is 0.326 e. The SMILES string of the molecule is CC(C)CC(NC(=O)C(Cc1ccccc1)NC(=O)C(C)NC(=O)C(N)CCCN=C(N)N)C(=O)O. The van der Waals surface area contributed by atoms with Crippen molar-refractivity contribution in [3.63, 3.8) is 0 Å². The molecule has 0 saturated carbocycles. The van der Waals surface area contributed by atoms with E-state index in [1.165, 1.54) is 6.92 Å². The van der Waals surface area contributed by atoms with Gasteiger partial charge in [-0.2, -0.15) is 0 Å². The number of carboxylic acid groups (broad SMARTS) is 1. The summed E-state index contributed by atoms with van der Waals surface area (Å²) in [6.07, 6.45) is 1.16. The topological polar surface area (TPSA) is 215 Å². The first kappa shape index (κ1) is 30.4. The summed E-state index contributed by atoms with van der Waals surface area (Å²) in [4.78, 5) is 53.6. The van der Waals surface area contributed by atoms with Crippen LogP contribution in [0.25, 0.3) is 0 Å². The minimum atomic E-state index is -1.16. The van der Waals surface area contributed by atoms with Gasteiger partial charge in [-0.05, 0) is 37.7 Å². The van der Waals surface area contributed by atoms with Gasteiger partial charge in [-0.3, -0.25) is 19.4 Å². The zero-order valence-corrected chi connectivity index (χ0v) is 21.1. The Hall–Kier alpha value is -3.67. The molecule has 0 aromatic heterocycles. The number of carbonyl (C=O) groups excluding carboxylic acids is 3. The van der Waals surface area contributed by atoms with Gasteiger partial charge in [0.05, 0.1) is 6.04 Å². The summed E-state index contributed by atoms with van der Waals surface area (Å²) in [6.45, 7) is 5.49. The Kier molecular flexibility index (Phi) is 12.9. The summed E-state index contributed by atoms with van der Waals surface area (Å²) in [7, 11) is 0. The molecule has 12 nitrogen and oxygen atoms in total. The number of aliphatic imine (C=N–C) groups is 1. The molecule has 4 atom stereocenters. The number of nitrogens with zero attached hydrogens (tertiary/aromatic N) is 1. The highest BCUT2D eigenvalue weighted by Gasteiger charge is 2.29. The van der Waals surface area contributed by atoms with E-state index in [2.05, 4.69) is 20.9 Å². The van der Waals surface area contributed by atoms with Crippen molar-refractivity contribution < 1.29 is 24.3 Å². The molecular formula is C24H39N7O5. The van der Waals surface area contributed by atoms with Crippen molar-refractivity contribution in [1.29, 1.82) is 0 Å². The van der Waals surface area contributed by atoms with Crippen LogP contribution < -0.4 is 33.2 Å². The summed E-state index contributed by atoms with van der Waals surface area (Å²) in [5, 5.41) is 17.2. The lowest BCUT2D eigenvalue weighted by Crippen LogP contribution is -2.57. The number of rotatable bonds is 15. The predicted octanol–water partition coefficient (Wildman–Crippen LogP) is -0.785. The quantitative estimate of drug-likeness (QED) is 0.0908. The van der Waals surface area contributed by atoms with Crippen molar-refractivity contribution in [2.45, 2.75) is 70.6 Å². The first-order valence-corrected chi connectivity index (χ1v) is 11.9. The van der Waals surface area contributed by atoms with E-state index in [4.69, 9.17) is 17.2 Å². The van der Waals surface area contributed by atoms with Crippen LogP contribution in [0.2, 0.25) is 0 Å². The number of carbonyl (C=O) groups is 4. The maximum Gasteiger partial charge on any atom is 0.326 e. The summed E-state index contributed by atoms with van der Waals surface area (Å²) in [6, 6.07) is 4.99. The van der Waals surface area contributed by atoms with Crippen molar-refractivity contribution in [3.05, 3.63) is 35.9 Å². The highest BCUT2D eigenvalue weighted by atomic mass is 16.4. The van der Waals surface area contributed by atoms with E-state index in [1.54, 1.807) is 24.3 Å². The highest BCUT2D eigenvalue weighted by molar-refractivity contribution is 5.94. The number of nitrogens with one attached hydrogen (secondary N) is 3. The van der Waals surface area contributed by atoms with Gasteiger partial charge in [0, 0.05) is 13.0 Å². The molecule has 0 radical (unpaired) electrons. The molecule has 0 aliphatic carbocycles. The first-order valence-electron chi connectivity index (χ1n) is 11.9. The number of carboxylic acids is 1. The van der Waals surface area contributed by atoms with Crippen LogP contribution in [0.1, 0.15) is 45.6 Å². The molecule has 3 amide bonds. The minimum Gasteiger partial charge on any atom is -0.480 e. The summed E-state index contributed by atoms with van der Waals surface area (Å²) < 4.78 is 0. The second-order valence-electron chi connectivity index (χ2n) is 9.07. The lowest BCUT2D eigenvalue weighted by Gasteiger charge is -2.24. The van der Waals surface area contributed by atoms with E-state index in [-0.39, 0.29) is 24.7 Å². The molecule has 0 bridgehead atoms. The fourth-order valence-electron chi connectivity index (χ4n) is 3.36. The zero-order valence-electron chi connectivity index (χ0n) is 21.1. The monoisotopic (exact) mass is 505 g/mol. The Balaban J connectivity index is 2.84. The van der Waals surface area contributed by atoms with E-state index in [9.17, 15) is 24.3 Å². The number of hydrogen-bond donors (Lipinski definition) is 7.